The monoisotopic (exact) mass is 284 g/mol. The van der Waals surface area contributed by atoms with Crippen molar-refractivity contribution in [2.45, 2.75) is 5.60 Å². The predicted octanol–water partition coefficient (Wildman–Crippen LogP) is 2.04. The summed E-state index contributed by atoms with van der Waals surface area (Å²) in [5.41, 5.74) is -1.22. The summed E-state index contributed by atoms with van der Waals surface area (Å²) in [6.45, 7) is 0. The number of aromatic hydroxyl groups is 1. The Morgan fingerprint density at radius 3 is 2.57 bits per heavy atom. The molecule has 5 heteroatoms. The first-order valence-electron chi connectivity index (χ1n) is 6.30. The van der Waals surface area contributed by atoms with Gasteiger partial charge in [0.15, 0.2) is 16.8 Å². The van der Waals surface area contributed by atoms with Gasteiger partial charge in [-0.25, -0.2) is 0 Å². The second-order valence-electron chi connectivity index (χ2n) is 4.69. The molecule has 21 heavy (non-hydrogen) atoms. The number of phenols is 1. The third-order valence-electron chi connectivity index (χ3n) is 3.45. The molecule has 3 rings (SSSR count). The van der Waals surface area contributed by atoms with Crippen LogP contribution < -0.4 is 5.43 Å². The molecule has 2 aromatic rings. The highest BCUT2D eigenvalue weighted by Gasteiger charge is 2.32. The lowest BCUT2D eigenvalue weighted by atomic mass is 9.93. The Morgan fingerprint density at radius 2 is 1.90 bits per heavy atom. The van der Waals surface area contributed by atoms with Crippen molar-refractivity contribution < 1.29 is 19.1 Å². The number of carbonyl (C=O) groups excluding carboxylic acids is 1. The zero-order valence-electron chi connectivity index (χ0n) is 11.2. The van der Waals surface area contributed by atoms with Gasteiger partial charge in [-0.3, -0.25) is 9.59 Å². The summed E-state index contributed by atoms with van der Waals surface area (Å²) in [5, 5.41) is 9.86. The molecule has 1 aliphatic carbocycles. The maximum absolute atomic E-state index is 12.2. The molecule has 106 valence electrons. The van der Waals surface area contributed by atoms with E-state index < -0.39 is 5.60 Å². The minimum absolute atomic E-state index is 0.118. The quantitative estimate of drug-likeness (QED) is 0.913. The number of fused-ring (bicyclic) bond motifs is 1. The van der Waals surface area contributed by atoms with E-state index in [2.05, 4.69) is 0 Å². The number of benzene rings is 1. The number of phenolic OH excluding ortho intramolecular Hbond substituents is 1. The summed E-state index contributed by atoms with van der Waals surface area (Å²) in [6.07, 6.45) is 5.77. The van der Waals surface area contributed by atoms with Crippen molar-refractivity contribution in [2.24, 2.45) is 0 Å². The molecule has 0 spiro atoms. The van der Waals surface area contributed by atoms with Gasteiger partial charge in [-0.05, 0) is 36.4 Å². The molecule has 0 unspecified atom stereocenters. The molecule has 1 aliphatic rings. The molecular weight excluding hydrogens is 272 g/mol. The van der Waals surface area contributed by atoms with Crippen molar-refractivity contribution in [3.63, 3.8) is 0 Å². The lowest BCUT2D eigenvalue weighted by Crippen LogP contribution is -2.27. The number of rotatable bonds is 2. The molecule has 0 fully saturated rings. The Kier molecular flexibility index (Phi) is 2.99. The van der Waals surface area contributed by atoms with Crippen LogP contribution in [-0.4, -0.2) is 18.0 Å². The lowest BCUT2D eigenvalue weighted by Gasteiger charge is -2.26. The van der Waals surface area contributed by atoms with Gasteiger partial charge in [-0.1, -0.05) is 6.07 Å². The number of ketones is 1. The molecule has 0 saturated carbocycles. The molecule has 5 nitrogen and oxygen atoms in total. The lowest BCUT2D eigenvalue weighted by molar-refractivity contribution is -0.110. The highest BCUT2D eigenvalue weighted by Crippen LogP contribution is 2.32. The summed E-state index contributed by atoms with van der Waals surface area (Å²) in [5.74, 6) is -0.0549. The maximum atomic E-state index is 12.2. The Morgan fingerprint density at radius 1 is 1.19 bits per heavy atom. The first kappa shape index (κ1) is 13.3. The van der Waals surface area contributed by atoms with Gasteiger partial charge >= 0.3 is 0 Å². The summed E-state index contributed by atoms with van der Waals surface area (Å²) in [4.78, 5) is 23.5. The van der Waals surface area contributed by atoms with Gasteiger partial charge in [-0.15, -0.1) is 0 Å². The Hall–Kier alpha value is -2.66. The fourth-order valence-electron chi connectivity index (χ4n) is 2.31. The average Bonchev–Trinajstić information content (AvgIpc) is 2.48. The molecule has 0 amide bonds. The number of carbonyl (C=O) groups is 1. The highest BCUT2D eigenvalue weighted by molar-refractivity contribution is 6.00. The molecule has 0 bridgehead atoms. The van der Waals surface area contributed by atoms with Crippen LogP contribution in [0, 0.1) is 0 Å². The average molecular weight is 284 g/mol. The van der Waals surface area contributed by atoms with E-state index in [-0.39, 0.29) is 33.7 Å². The second kappa shape index (κ2) is 4.71. The fraction of sp³-hybridized carbons (Fsp3) is 0.125. The topological polar surface area (TPSA) is 76.7 Å². The van der Waals surface area contributed by atoms with Crippen molar-refractivity contribution >= 4 is 16.8 Å². The molecule has 1 aromatic carbocycles. The van der Waals surface area contributed by atoms with Crippen LogP contribution in [0.2, 0.25) is 0 Å². The van der Waals surface area contributed by atoms with E-state index >= 15 is 0 Å². The third-order valence-corrected chi connectivity index (χ3v) is 3.45. The molecular formula is C16H12O5. The normalized spacial score (nSPS) is 16.5. The predicted molar refractivity (Wildman–Crippen MR) is 76.1 cm³/mol. The Balaban J connectivity index is 2.26. The SMILES string of the molecule is COC1(c2cc(=O)c3c(O)cccc3o2)C=CC(=O)C=C1. The minimum atomic E-state index is -1.10. The van der Waals surface area contributed by atoms with E-state index in [1.165, 1.54) is 43.5 Å². The first-order valence-corrected chi connectivity index (χ1v) is 6.30. The van der Waals surface area contributed by atoms with Gasteiger partial charge in [0.2, 0.25) is 0 Å². The van der Waals surface area contributed by atoms with Crippen molar-refractivity contribution in [3.8, 4) is 5.75 Å². The van der Waals surface area contributed by atoms with Crippen molar-refractivity contribution in [2.75, 3.05) is 7.11 Å². The molecule has 0 atom stereocenters. The zero-order valence-corrected chi connectivity index (χ0v) is 11.2. The van der Waals surface area contributed by atoms with Crippen molar-refractivity contribution in [1.82, 2.24) is 0 Å². The van der Waals surface area contributed by atoms with E-state index in [9.17, 15) is 14.7 Å². The summed E-state index contributed by atoms with van der Waals surface area (Å²) in [6, 6.07) is 5.85. The minimum Gasteiger partial charge on any atom is -0.507 e. The molecule has 0 aliphatic heterocycles. The number of hydrogen-bond donors (Lipinski definition) is 1. The largest absolute Gasteiger partial charge is 0.507 e. The van der Waals surface area contributed by atoms with Crippen LogP contribution in [-0.2, 0) is 15.1 Å². The second-order valence-corrected chi connectivity index (χ2v) is 4.69. The highest BCUT2D eigenvalue weighted by atomic mass is 16.5. The molecule has 0 saturated heterocycles. The summed E-state index contributed by atoms with van der Waals surface area (Å²) < 4.78 is 11.1. The van der Waals surface area contributed by atoms with Crippen molar-refractivity contribution in [3.05, 3.63) is 64.6 Å². The molecule has 1 heterocycles. The van der Waals surface area contributed by atoms with E-state index in [0.29, 0.717) is 0 Å². The van der Waals surface area contributed by atoms with Crippen LogP contribution in [0.4, 0.5) is 0 Å². The smallest absolute Gasteiger partial charge is 0.196 e. The zero-order chi connectivity index (χ0) is 15.0. The van der Waals surface area contributed by atoms with Gasteiger partial charge in [0.25, 0.3) is 0 Å². The molecule has 1 aromatic heterocycles. The van der Waals surface area contributed by atoms with Crippen LogP contribution in [0.1, 0.15) is 5.76 Å². The van der Waals surface area contributed by atoms with Crippen LogP contribution in [0.15, 0.2) is 57.8 Å². The fourth-order valence-corrected chi connectivity index (χ4v) is 2.31. The number of ether oxygens (including phenoxy) is 1. The molecule has 0 radical (unpaired) electrons. The van der Waals surface area contributed by atoms with Crippen LogP contribution in [0.25, 0.3) is 11.0 Å². The number of allylic oxidation sites excluding steroid dienone is 2. The van der Waals surface area contributed by atoms with Gasteiger partial charge in [0.1, 0.15) is 22.5 Å². The standard InChI is InChI=1S/C16H12O5/c1-20-16(7-5-10(17)6-8-16)14-9-12(19)15-11(18)3-2-4-13(15)21-14/h2-9,18H,1H3. The van der Waals surface area contributed by atoms with E-state index in [0.717, 1.165) is 0 Å². The van der Waals surface area contributed by atoms with Crippen LogP contribution >= 0.6 is 0 Å². The number of methoxy groups -OCH3 is 1. The Labute approximate surface area is 119 Å². The Bertz CT molecular complexity index is 825. The molecule has 1 N–H and O–H groups in total. The van der Waals surface area contributed by atoms with Crippen molar-refractivity contribution in [1.29, 1.82) is 0 Å². The van der Waals surface area contributed by atoms with Gasteiger partial charge in [0.05, 0.1) is 0 Å². The number of hydrogen-bond acceptors (Lipinski definition) is 5. The van der Waals surface area contributed by atoms with Crippen LogP contribution in [0.5, 0.6) is 5.75 Å². The maximum Gasteiger partial charge on any atom is 0.196 e. The van der Waals surface area contributed by atoms with E-state index in [1.807, 2.05) is 0 Å². The van der Waals surface area contributed by atoms with E-state index in [1.54, 1.807) is 12.1 Å². The van der Waals surface area contributed by atoms with Crippen LogP contribution in [0.3, 0.4) is 0 Å². The summed E-state index contributed by atoms with van der Waals surface area (Å²) >= 11 is 0. The first-order chi connectivity index (χ1) is 10.1. The summed E-state index contributed by atoms with van der Waals surface area (Å²) in [7, 11) is 1.46. The van der Waals surface area contributed by atoms with Gasteiger partial charge in [-0.2, -0.15) is 0 Å². The van der Waals surface area contributed by atoms with Gasteiger partial charge < -0.3 is 14.3 Å². The third kappa shape index (κ3) is 2.08. The van der Waals surface area contributed by atoms with E-state index in [4.69, 9.17) is 9.15 Å². The van der Waals surface area contributed by atoms with Gasteiger partial charge in [0, 0.05) is 13.2 Å².